The van der Waals surface area contributed by atoms with Crippen molar-refractivity contribution in [3.05, 3.63) is 26.4 Å². The van der Waals surface area contributed by atoms with Crippen molar-refractivity contribution in [2.24, 2.45) is 10.8 Å². The summed E-state index contributed by atoms with van der Waals surface area (Å²) in [5.74, 6) is 0. The number of nitrogens with two attached hydrogens (primary N) is 1. The molecule has 1 heterocycles. The molecular formula is C7H9N5OS2. The topological polar surface area (TPSA) is 99.1 Å². The SMILES string of the molecule is Cc1[nH]c(=S)[nH]c(=O)c1/C=N\NC(N)=S. The molecule has 0 saturated carbocycles. The maximum Gasteiger partial charge on any atom is 0.260 e. The van der Waals surface area contributed by atoms with Crippen LogP contribution < -0.4 is 16.7 Å². The number of thiocarbonyl (C=S) groups is 1. The quantitative estimate of drug-likeness (QED) is 0.330. The van der Waals surface area contributed by atoms with Crippen molar-refractivity contribution >= 4 is 35.8 Å². The number of hydrogen-bond donors (Lipinski definition) is 4. The van der Waals surface area contributed by atoms with Gasteiger partial charge in [-0.15, -0.1) is 0 Å². The molecule has 0 fully saturated rings. The molecule has 80 valence electrons. The lowest BCUT2D eigenvalue weighted by atomic mass is 10.3. The van der Waals surface area contributed by atoms with Gasteiger partial charge in [0.15, 0.2) is 9.88 Å². The van der Waals surface area contributed by atoms with Crippen molar-refractivity contribution in [3.63, 3.8) is 0 Å². The van der Waals surface area contributed by atoms with Crippen molar-refractivity contribution in [2.75, 3.05) is 0 Å². The molecule has 6 nitrogen and oxygen atoms in total. The van der Waals surface area contributed by atoms with E-state index >= 15 is 0 Å². The second kappa shape index (κ2) is 4.80. The van der Waals surface area contributed by atoms with Crippen molar-refractivity contribution in [1.29, 1.82) is 0 Å². The van der Waals surface area contributed by atoms with Crippen molar-refractivity contribution in [2.45, 2.75) is 6.92 Å². The average molecular weight is 243 g/mol. The van der Waals surface area contributed by atoms with Crippen LogP contribution in [0.4, 0.5) is 0 Å². The Balaban J connectivity index is 3.05. The molecule has 0 saturated heterocycles. The second-order valence-corrected chi connectivity index (χ2v) is 3.53. The van der Waals surface area contributed by atoms with Crippen LogP contribution in [0.2, 0.25) is 0 Å². The molecule has 8 heteroatoms. The van der Waals surface area contributed by atoms with Crippen molar-refractivity contribution < 1.29 is 0 Å². The van der Waals surface area contributed by atoms with Gasteiger partial charge in [0.2, 0.25) is 0 Å². The van der Waals surface area contributed by atoms with E-state index in [-0.39, 0.29) is 15.4 Å². The Morgan fingerprint density at radius 2 is 2.27 bits per heavy atom. The van der Waals surface area contributed by atoms with Crippen LogP contribution in [0.3, 0.4) is 0 Å². The van der Waals surface area contributed by atoms with Crippen LogP contribution in [0, 0.1) is 11.7 Å². The van der Waals surface area contributed by atoms with Gasteiger partial charge in [-0.3, -0.25) is 15.2 Å². The summed E-state index contributed by atoms with van der Waals surface area (Å²) in [6, 6.07) is 0. The number of hydrazone groups is 1. The van der Waals surface area contributed by atoms with E-state index in [1.54, 1.807) is 6.92 Å². The lowest BCUT2D eigenvalue weighted by molar-refractivity contribution is 1.01. The smallest absolute Gasteiger partial charge is 0.260 e. The van der Waals surface area contributed by atoms with E-state index in [4.69, 9.17) is 18.0 Å². The highest BCUT2D eigenvalue weighted by molar-refractivity contribution is 7.80. The molecule has 0 amide bonds. The third-order valence-electron chi connectivity index (χ3n) is 1.55. The molecule has 0 bridgehead atoms. The normalized spacial score (nSPS) is 10.5. The maximum atomic E-state index is 11.4. The average Bonchev–Trinajstić information content (AvgIpc) is 2.08. The van der Waals surface area contributed by atoms with Gasteiger partial charge in [0, 0.05) is 5.69 Å². The summed E-state index contributed by atoms with van der Waals surface area (Å²) in [5, 5.41) is 3.71. The lowest BCUT2D eigenvalue weighted by Crippen LogP contribution is -2.25. The molecule has 0 aromatic carbocycles. The number of nitrogens with zero attached hydrogens (tertiary/aromatic N) is 1. The molecule has 15 heavy (non-hydrogen) atoms. The molecule has 1 aromatic rings. The summed E-state index contributed by atoms with van der Waals surface area (Å²) in [6.07, 6.45) is 1.32. The highest BCUT2D eigenvalue weighted by Crippen LogP contribution is 1.92. The molecule has 0 aliphatic rings. The second-order valence-electron chi connectivity index (χ2n) is 2.68. The van der Waals surface area contributed by atoms with E-state index in [1.165, 1.54) is 6.21 Å². The van der Waals surface area contributed by atoms with Gasteiger partial charge in [0.25, 0.3) is 5.56 Å². The summed E-state index contributed by atoms with van der Waals surface area (Å²) in [7, 11) is 0. The predicted octanol–water partition coefficient (Wildman–Crippen LogP) is -0.0920. The minimum atomic E-state index is -0.315. The minimum absolute atomic E-state index is 0.0317. The molecule has 1 aromatic heterocycles. The zero-order valence-electron chi connectivity index (χ0n) is 7.83. The zero-order chi connectivity index (χ0) is 11.4. The first-order chi connectivity index (χ1) is 7.00. The Kier molecular flexibility index (Phi) is 3.69. The van der Waals surface area contributed by atoms with Gasteiger partial charge >= 0.3 is 0 Å². The van der Waals surface area contributed by atoms with Crippen LogP contribution in [-0.2, 0) is 0 Å². The Labute approximate surface area is 95.6 Å². The van der Waals surface area contributed by atoms with E-state index in [0.29, 0.717) is 11.3 Å². The summed E-state index contributed by atoms with van der Waals surface area (Å²) in [6.45, 7) is 1.72. The van der Waals surface area contributed by atoms with Gasteiger partial charge < -0.3 is 10.7 Å². The van der Waals surface area contributed by atoms with Gasteiger partial charge in [-0.2, -0.15) is 5.10 Å². The van der Waals surface area contributed by atoms with E-state index < -0.39 is 0 Å². The van der Waals surface area contributed by atoms with Gasteiger partial charge in [-0.05, 0) is 31.4 Å². The summed E-state index contributed by atoms with van der Waals surface area (Å²) < 4.78 is 0.275. The summed E-state index contributed by atoms with van der Waals surface area (Å²) in [4.78, 5) is 16.6. The van der Waals surface area contributed by atoms with Gasteiger partial charge in [0.1, 0.15) is 0 Å². The first-order valence-corrected chi connectivity index (χ1v) is 4.74. The number of H-pyrrole nitrogens is 2. The fourth-order valence-corrected chi connectivity index (χ4v) is 1.22. The van der Waals surface area contributed by atoms with E-state index in [0.717, 1.165) is 0 Å². The van der Waals surface area contributed by atoms with Gasteiger partial charge in [-0.1, -0.05) is 0 Å². The fraction of sp³-hybridized carbons (Fsp3) is 0.143. The first kappa shape index (κ1) is 11.5. The van der Waals surface area contributed by atoms with Crippen LogP contribution >= 0.6 is 24.4 Å². The minimum Gasteiger partial charge on any atom is -0.375 e. The van der Waals surface area contributed by atoms with E-state index in [9.17, 15) is 4.79 Å². The van der Waals surface area contributed by atoms with Gasteiger partial charge in [0.05, 0.1) is 11.8 Å². The monoisotopic (exact) mass is 243 g/mol. The Morgan fingerprint density at radius 3 is 2.80 bits per heavy atom. The third-order valence-corrected chi connectivity index (χ3v) is 1.84. The van der Waals surface area contributed by atoms with Gasteiger partial charge in [-0.25, -0.2) is 0 Å². The molecule has 0 aliphatic heterocycles. The van der Waals surface area contributed by atoms with Crippen LogP contribution in [0.1, 0.15) is 11.3 Å². The number of aromatic amines is 2. The molecule has 0 aliphatic carbocycles. The third kappa shape index (κ3) is 3.26. The first-order valence-electron chi connectivity index (χ1n) is 3.92. The molecule has 0 atom stereocenters. The maximum absolute atomic E-state index is 11.4. The molecule has 1 rings (SSSR count). The number of rotatable bonds is 2. The molecule has 0 spiro atoms. The van der Waals surface area contributed by atoms with E-state index in [1.807, 2.05) is 0 Å². The largest absolute Gasteiger partial charge is 0.375 e. The lowest BCUT2D eigenvalue weighted by Gasteiger charge is -1.98. The van der Waals surface area contributed by atoms with Crippen LogP contribution in [0.5, 0.6) is 0 Å². The summed E-state index contributed by atoms with van der Waals surface area (Å²) >= 11 is 9.33. The molecule has 0 radical (unpaired) electrons. The Bertz CT molecular complexity index is 515. The predicted molar refractivity (Wildman–Crippen MR) is 64.5 cm³/mol. The van der Waals surface area contributed by atoms with Crippen molar-refractivity contribution in [3.8, 4) is 0 Å². The summed E-state index contributed by atoms with van der Waals surface area (Å²) in [5.41, 5.74) is 8.18. The number of hydrogen-bond acceptors (Lipinski definition) is 4. The van der Waals surface area contributed by atoms with Crippen LogP contribution in [0.25, 0.3) is 0 Å². The standard InChI is InChI=1S/C7H9N5OS2/c1-3-4(2-9-12-6(8)14)5(13)11-7(15)10-3/h2H,1H3,(H3,8,12,14)(H2,10,11,13,15)/b9-2-. The molecular weight excluding hydrogens is 234 g/mol. The van der Waals surface area contributed by atoms with Crippen molar-refractivity contribution in [1.82, 2.24) is 15.4 Å². The molecule has 5 N–H and O–H groups in total. The molecule has 0 unspecified atom stereocenters. The zero-order valence-corrected chi connectivity index (χ0v) is 9.46. The number of aryl methyl sites for hydroxylation is 1. The Hall–Kier alpha value is -1.54. The van der Waals surface area contributed by atoms with Crippen LogP contribution in [0.15, 0.2) is 9.90 Å². The Morgan fingerprint density at radius 1 is 1.60 bits per heavy atom. The van der Waals surface area contributed by atoms with E-state index in [2.05, 4.69) is 32.7 Å². The highest BCUT2D eigenvalue weighted by Gasteiger charge is 2.00. The number of aromatic nitrogens is 2. The number of nitrogens with one attached hydrogen (secondary N) is 3. The van der Waals surface area contributed by atoms with Crippen LogP contribution in [-0.4, -0.2) is 21.3 Å². The highest BCUT2D eigenvalue weighted by atomic mass is 32.1. The fourth-order valence-electron chi connectivity index (χ4n) is 0.926.